The number of nitrogens with zero attached hydrogens (tertiary/aromatic N) is 6. The maximum atomic E-state index is 11.5. The minimum absolute atomic E-state index is 0.0101. The zero-order valence-corrected chi connectivity index (χ0v) is 25.0. The van der Waals surface area contributed by atoms with Crippen LogP contribution < -0.4 is 10.9 Å². The molecule has 3 fully saturated rings. The molecular formula is C29H34N8O8. The van der Waals surface area contributed by atoms with E-state index >= 15 is 0 Å². The highest BCUT2D eigenvalue weighted by Crippen LogP contribution is 2.62. The predicted molar refractivity (Wildman–Crippen MR) is 166 cm³/mol. The number of non-ortho nitro benzene ring substituents is 2. The van der Waals surface area contributed by atoms with E-state index in [1.54, 1.807) is 0 Å². The first-order chi connectivity index (χ1) is 21.3. The second kappa shape index (κ2) is 12.2. The highest BCUT2D eigenvalue weighted by Gasteiger charge is 2.56. The van der Waals surface area contributed by atoms with Crippen molar-refractivity contribution < 1.29 is 19.7 Å². The van der Waals surface area contributed by atoms with E-state index in [0.29, 0.717) is 17.8 Å². The van der Waals surface area contributed by atoms with E-state index in [9.17, 15) is 40.5 Å². The summed E-state index contributed by atoms with van der Waals surface area (Å²) in [6, 6.07) is 6.87. The van der Waals surface area contributed by atoms with E-state index in [1.165, 1.54) is 24.3 Å². The Morgan fingerprint density at radius 2 is 1.38 bits per heavy atom. The van der Waals surface area contributed by atoms with Crippen molar-refractivity contribution >= 4 is 45.5 Å². The van der Waals surface area contributed by atoms with Gasteiger partial charge in [-0.3, -0.25) is 51.3 Å². The van der Waals surface area contributed by atoms with Gasteiger partial charge in [0.25, 0.3) is 11.4 Å². The van der Waals surface area contributed by atoms with E-state index in [1.807, 2.05) is 6.92 Å². The Bertz CT molecular complexity index is 1630. The number of rotatable bonds is 9. The Balaban J connectivity index is 1.29. The van der Waals surface area contributed by atoms with Crippen molar-refractivity contribution in [2.45, 2.75) is 59.3 Å². The third kappa shape index (κ3) is 5.91. The number of hydrogen-bond donors (Lipinski definition) is 2. The Morgan fingerprint density at radius 3 is 1.93 bits per heavy atom. The molecule has 5 rings (SSSR count). The van der Waals surface area contributed by atoms with Crippen LogP contribution in [0, 0.1) is 75.5 Å². The van der Waals surface area contributed by atoms with Crippen LogP contribution in [0.5, 0.6) is 0 Å². The van der Waals surface area contributed by atoms with Crippen LogP contribution in [0.3, 0.4) is 0 Å². The van der Waals surface area contributed by atoms with E-state index in [0.717, 1.165) is 62.1 Å². The molecule has 0 aliphatic heterocycles. The molecule has 16 heteroatoms. The molecule has 2 aromatic carbocycles. The van der Waals surface area contributed by atoms with Crippen molar-refractivity contribution in [1.29, 1.82) is 0 Å². The van der Waals surface area contributed by atoms with Crippen molar-refractivity contribution in [3.05, 3.63) is 76.9 Å². The first-order valence-electron chi connectivity index (χ1n) is 14.8. The molecule has 0 heterocycles. The van der Waals surface area contributed by atoms with E-state index in [2.05, 4.69) is 34.9 Å². The van der Waals surface area contributed by atoms with Gasteiger partial charge in [-0.25, -0.2) is 0 Å². The molecule has 0 radical (unpaired) electrons. The first-order valence-corrected chi connectivity index (χ1v) is 14.8. The van der Waals surface area contributed by atoms with Crippen LogP contribution >= 0.6 is 0 Å². The van der Waals surface area contributed by atoms with Gasteiger partial charge in [-0.1, -0.05) is 13.8 Å². The van der Waals surface area contributed by atoms with E-state index in [4.69, 9.17) is 0 Å². The minimum atomic E-state index is -0.677. The Morgan fingerprint density at radius 1 is 0.800 bits per heavy atom. The normalized spacial score (nSPS) is 28.6. The van der Waals surface area contributed by atoms with Gasteiger partial charge in [0, 0.05) is 29.5 Å². The van der Waals surface area contributed by atoms with Gasteiger partial charge in [-0.05, 0) is 86.7 Å². The van der Waals surface area contributed by atoms with Crippen LogP contribution in [0.15, 0.2) is 46.6 Å². The van der Waals surface area contributed by atoms with Crippen LogP contribution in [-0.4, -0.2) is 31.1 Å². The van der Waals surface area contributed by atoms with Crippen LogP contribution in [0.25, 0.3) is 0 Å². The molecule has 3 aliphatic rings. The molecule has 6 atom stereocenters. The highest BCUT2D eigenvalue weighted by molar-refractivity contribution is 5.89. The van der Waals surface area contributed by atoms with Crippen LogP contribution in [0.4, 0.5) is 34.1 Å². The molecule has 3 aliphatic carbocycles. The third-order valence-electron chi connectivity index (χ3n) is 10.3. The smallest absolute Gasteiger partial charge is 0.272 e. The van der Waals surface area contributed by atoms with Crippen molar-refractivity contribution in [3.8, 4) is 0 Å². The van der Waals surface area contributed by atoms with Gasteiger partial charge in [0.1, 0.15) is 11.4 Å². The molecule has 16 nitrogen and oxygen atoms in total. The summed E-state index contributed by atoms with van der Waals surface area (Å²) in [6.07, 6.45) is 5.55. The summed E-state index contributed by atoms with van der Waals surface area (Å²) in [7, 11) is 0. The minimum Gasteiger partial charge on any atom is -0.272 e. The molecular weight excluding hydrogens is 588 g/mol. The summed E-state index contributed by atoms with van der Waals surface area (Å²) in [4.78, 5) is 42.5. The Hall–Kier alpha value is -5.02. The van der Waals surface area contributed by atoms with Crippen LogP contribution in [-0.2, 0) is 0 Å². The standard InChI is InChI=1S/C29H34N8O8/c1-16-20-12-13-29(3)22(17(2)30-32-25-9-4-18(34(38)39)14-27(25)36(42)43)7-8-23(29)21(20)6-11-24(16)31-33-26-10-5-19(35(40)41)15-28(26)37(44)45/h4-5,9-10,14-16,20-23,32-33H,6-8,11-13H2,1-3H3/b30-17-,31-24+/t16-,20-,21-,22+,23-,29-/m1/s1. The summed E-state index contributed by atoms with van der Waals surface area (Å²) in [5, 5.41) is 54.3. The number of nitrogens with one attached hydrogen (secondary N) is 2. The number of hydrogen-bond acceptors (Lipinski definition) is 12. The topological polar surface area (TPSA) is 221 Å². The monoisotopic (exact) mass is 622 g/mol. The highest BCUT2D eigenvalue weighted by atomic mass is 16.6. The second-order valence-electron chi connectivity index (χ2n) is 12.4. The summed E-state index contributed by atoms with van der Waals surface area (Å²) in [5.74, 6) is 1.63. The Labute approximate surface area is 257 Å². The van der Waals surface area contributed by atoms with E-state index < -0.39 is 31.1 Å². The summed E-state index contributed by atoms with van der Waals surface area (Å²) < 4.78 is 0. The van der Waals surface area contributed by atoms with Gasteiger partial charge < -0.3 is 0 Å². The zero-order valence-electron chi connectivity index (χ0n) is 25.0. The molecule has 45 heavy (non-hydrogen) atoms. The molecule has 2 aromatic rings. The number of hydrazone groups is 2. The van der Waals surface area contributed by atoms with E-state index in [-0.39, 0.29) is 40.0 Å². The van der Waals surface area contributed by atoms with Gasteiger partial charge in [0.2, 0.25) is 0 Å². The van der Waals surface area contributed by atoms with Crippen molar-refractivity contribution in [3.63, 3.8) is 0 Å². The second-order valence-corrected chi connectivity index (χ2v) is 12.4. The molecule has 2 N–H and O–H groups in total. The van der Waals surface area contributed by atoms with Crippen molar-refractivity contribution in [2.75, 3.05) is 10.9 Å². The number of nitro benzene ring substituents is 4. The lowest BCUT2D eigenvalue weighted by Crippen LogP contribution is -2.48. The number of nitro groups is 4. The average molecular weight is 623 g/mol. The lowest BCUT2D eigenvalue weighted by atomic mass is 9.52. The fraction of sp³-hybridized carbons (Fsp3) is 0.517. The largest absolute Gasteiger partial charge is 0.301 e. The third-order valence-corrected chi connectivity index (χ3v) is 10.3. The zero-order chi connectivity index (χ0) is 32.6. The molecule has 0 bridgehead atoms. The fourth-order valence-electron chi connectivity index (χ4n) is 8.10. The van der Waals surface area contributed by atoms with Gasteiger partial charge in [0.05, 0.1) is 31.8 Å². The lowest BCUT2D eigenvalue weighted by Gasteiger charge is -2.52. The van der Waals surface area contributed by atoms with Crippen molar-refractivity contribution in [1.82, 2.24) is 0 Å². The molecule has 238 valence electrons. The quantitative estimate of drug-likeness (QED) is 0.164. The van der Waals surface area contributed by atoms with Crippen molar-refractivity contribution in [2.24, 2.45) is 45.2 Å². The van der Waals surface area contributed by atoms with Gasteiger partial charge >= 0.3 is 11.4 Å². The molecule has 0 amide bonds. The Kier molecular flexibility index (Phi) is 8.49. The molecule has 3 saturated carbocycles. The van der Waals surface area contributed by atoms with Gasteiger partial charge in [-0.15, -0.1) is 0 Å². The van der Waals surface area contributed by atoms with Crippen LogP contribution in [0.2, 0.25) is 0 Å². The predicted octanol–water partition coefficient (Wildman–Crippen LogP) is 7.06. The SMILES string of the molecule is C/C(=N/Nc1ccc([N+](=O)[O-])cc1[N+](=O)[O-])[C@@H]1CC[C@@H]2[C@@H]3CC/C(=N\Nc4ccc([N+](=O)[O-])cc4[N+](=O)[O-])[C@H](C)[C@H]3CC[C@@]21C. The fourth-order valence-corrected chi connectivity index (χ4v) is 8.10. The molecule has 0 spiro atoms. The lowest BCUT2D eigenvalue weighted by molar-refractivity contribution is -0.393. The summed E-state index contributed by atoms with van der Waals surface area (Å²) >= 11 is 0. The molecule has 0 aromatic heterocycles. The van der Waals surface area contributed by atoms with Gasteiger partial charge in [0.15, 0.2) is 0 Å². The molecule has 0 saturated heterocycles. The maximum absolute atomic E-state index is 11.5. The first kappa shape index (κ1) is 31.4. The van der Waals surface area contributed by atoms with Crippen LogP contribution in [0.1, 0.15) is 59.3 Å². The average Bonchev–Trinajstić information content (AvgIpc) is 3.36. The number of benzene rings is 2. The number of anilines is 2. The molecule has 0 unspecified atom stereocenters. The summed E-state index contributed by atoms with van der Waals surface area (Å²) in [5.41, 5.74) is 5.99. The van der Waals surface area contributed by atoms with Gasteiger partial charge in [-0.2, -0.15) is 10.2 Å². The number of fused-ring (bicyclic) bond motifs is 3. The summed E-state index contributed by atoms with van der Waals surface area (Å²) in [6.45, 7) is 6.37. The maximum Gasteiger partial charge on any atom is 0.301 e.